The first-order valence-corrected chi connectivity index (χ1v) is 12.4. The van der Waals surface area contributed by atoms with Crippen LogP contribution in [0.25, 0.3) is 11.6 Å². The Morgan fingerprint density at radius 2 is 2.18 bits per heavy atom. The normalized spacial score (nSPS) is 22.5. The summed E-state index contributed by atoms with van der Waals surface area (Å²) in [5.41, 5.74) is 3.39. The van der Waals surface area contributed by atoms with E-state index in [1.165, 1.54) is 19.2 Å². The highest BCUT2D eigenvalue weighted by Crippen LogP contribution is 2.40. The van der Waals surface area contributed by atoms with Gasteiger partial charge in [-0.25, -0.2) is 12.8 Å². The van der Waals surface area contributed by atoms with Gasteiger partial charge in [-0.1, -0.05) is 12.1 Å². The molecule has 2 aliphatic rings. The van der Waals surface area contributed by atoms with E-state index in [4.69, 9.17) is 9.39 Å². The Balaban J connectivity index is 1.65. The molecule has 3 heterocycles. The maximum atomic E-state index is 13.9. The highest BCUT2D eigenvalue weighted by molar-refractivity contribution is 7.92. The fourth-order valence-electron chi connectivity index (χ4n) is 4.51. The molecule has 0 radical (unpaired) electrons. The molecule has 0 amide bonds. The van der Waals surface area contributed by atoms with Crippen molar-refractivity contribution in [2.45, 2.75) is 30.5 Å². The number of hydrogen-bond donors (Lipinski definition) is 2. The van der Waals surface area contributed by atoms with E-state index in [0.29, 0.717) is 35.2 Å². The van der Waals surface area contributed by atoms with Crippen molar-refractivity contribution < 1.29 is 32.3 Å². The molecule has 1 aromatic carbocycles. The van der Waals surface area contributed by atoms with E-state index in [1.807, 2.05) is 12.1 Å². The lowest BCUT2D eigenvalue weighted by atomic mass is 9.74. The molecule has 33 heavy (non-hydrogen) atoms. The van der Waals surface area contributed by atoms with Gasteiger partial charge in [0.05, 0.1) is 29.4 Å². The maximum Gasteiger partial charge on any atom is 0.456 e. The van der Waals surface area contributed by atoms with Crippen molar-refractivity contribution in [3.05, 3.63) is 70.8 Å². The quantitative estimate of drug-likeness (QED) is 0.471. The average molecular weight is 473 g/mol. The second-order valence-electron chi connectivity index (χ2n) is 8.24. The molecule has 2 atom stereocenters. The molecule has 0 unspecified atom stereocenters. The SMILES string of the molecule is COCC1=C2[C@@H](CC/C(=C/c3ccc(O)c(F)c3)c3ccccn3)OB(O)C[C@@H]2S(=O)(=O)C1. The molecule has 1 aromatic heterocycles. The van der Waals surface area contributed by atoms with Gasteiger partial charge in [0.2, 0.25) is 0 Å². The van der Waals surface area contributed by atoms with Crippen LogP contribution in [0.1, 0.15) is 24.1 Å². The van der Waals surface area contributed by atoms with Crippen LogP contribution in [0.15, 0.2) is 53.7 Å². The van der Waals surface area contributed by atoms with Crippen LogP contribution in [0.2, 0.25) is 6.32 Å². The summed E-state index contributed by atoms with van der Waals surface area (Å²) in [6, 6.07) is 9.58. The lowest BCUT2D eigenvalue weighted by Crippen LogP contribution is -2.42. The number of nitrogens with zero attached hydrogens (tertiary/aromatic N) is 1. The minimum atomic E-state index is -3.42. The zero-order valence-electron chi connectivity index (χ0n) is 18.1. The molecule has 2 aliphatic heterocycles. The molecule has 0 aliphatic carbocycles. The van der Waals surface area contributed by atoms with Gasteiger partial charge < -0.3 is 19.5 Å². The summed E-state index contributed by atoms with van der Waals surface area (Å²) in [5.74, 6) is -1.25. The lowest BCUT2D eigenvalue weighted by Gasteiger charge is -2.32. The first-order valence-electron chi connectivity index (χ1n) is 10.6. The van der Waals surface area contributed by atoms with E-state index in [-0.39, 0.29) is 18.7 Å². The van der Waals surface area contributed by atoms with Crippen LogP contribution >= 0.6 is 0 Å². The highest BCUT2D eigenvalue weighted by atomic mass is 32.2. The van der Waals surface area contributed by atoms with Crippen molar-refractivity contribution in [1.29, 1.82) is 0 Å². The summed E-state index contributed by atoms with van der Waals surface area (Å²) in [6.07, 6.45) is 3.68. The van der Waals surface area contributed by atoms with Crippen LogP contribution < -0.4 is 0 Å². The van der Waals surface area contributed by atoms with Gasteiger partial charge in [0.1, 0.15) is 0 Å². The summed E-state index contributed by atoms with van der Waals surface area (Å²) >= 11 is 0. The van der Waals surface area contributed by atoms with Gasteiger partial charge in [0, 0.05) is 19.6 Å². The third kappa shape index (κ3) is 5.19. The Labute approximate surface area is 192 Å². The predicted octanol–water partition coefficient (Wildman–Crippen LogP) is 2.87. The number of sulfone groups is 1. The van der Waals surface area contributed by atoms with Gasteiger partial charge in [-0.2, -0.15) is 0 Å². The van der Waals surface area contributed by atoms with Crippen LogP contribution in [-0.2, 0) is 19.2 Å². The van der Waals surface area contributed by atoms with Crippen molar-refractivity contribution in [2.24, 2.45) is 0 Å². The zero-order valence-corrected chi connectivity index (χ0v) is 19.0. The van der Waals surface area contributed by atoms with E-state index in [9.17, 15) is 22.9 Å². The summed E-state index contributed by atoms with van der Waals surface area (Å²) in [4.78, 5) is 4.40. The number of hydrogen-bond acceptors (Lipinski definition) is 7. The number of fused-ring (bicyclic) bond motifs is 1. The van der Waals surface area contributed by atoms with Crippen LogP contribution in [0.4, 0.5) is 4.39 Å². The number of allylic oxidation sites excluding steroid dienone is 1. The van der Waals surface area contributed by atoms with Crippen molar-refractivity contribution in [2.75, 3.05) is 19.5 Å². The Bertz CT molecular complexity index is 1180. The van der Waals surface area contributed by atoms with E-state index >= 15 is 0 Å². The number of ether oxygens (including phenoxy) is 1. The zero-order chi connectivity index (χ0) is 23.6. The molecular formula is C23H25BFNO6S. The summed E-state index contributed by atoms with van der Waals surface area (Å²) < 4.78 is 50.3. The molecule has 7 nitrogen and oxygen atoms in total. The summed E-state index contributed by atoms with van der Waals surface area (Å²) in [7, 11) is -3.08. The number of aromatic hydroxyl groups is 1. The third-order valence-corrected chi connectivity index (χ3v) is 8.01. The monoisotopic (exact) mass is 473 g/mol. The minimum absolute atomic E-state index is 0.0110. The van der Waals surface area contributed by atoms with Gasteiger partial charge in [-0.15, -0.1) is 0 Å². The second-order valence-corrected chi connectivity index (χ2v) is 10.4. The molecule has 2 N–H and O–H groups in total. The molecule has 1 fully saturated rings. The van der Waals surface area contributed by atoms with Gasteiger partial charge in [0.25, 0.3) is 0 Å². The van der Waals surface area contributed by atoms with Crippen LogP contribution in [0.5, 0.6) is 5.75 Å². The standard InChI is InChI=1S/C23H25BFNO6S/c1-31-13-17-14-33(29,30)22-12-24(28)32-21(23(17)22)8-6-16(19-4-2-3-9-26-19)10-15-5-7-20(27)18(25)11-15/h2-5,7,9-11,21-22,27-28H,6,8,12-14H2,1H3/b16-10-/t21-,22+/m1/s1. The summed E-state index contributed by atoms with van der Waals surface area (Å²) in [6.45, 7) is 0.191. The fourth-order valence-corrected chi connectivity index (χ4v) is 6.61. The fraction of sp³-hybridized carbons (Fsp3) is 0.348. The topological polar surface area (TPSA) is 106 Å². The molecule has 10 heteroatoms. The van der Waals surface area contributed by atoms with E-state index in [2.05, 4.69) is 4.98 Å². The van der Waals surface area contributed by atoms with Gasteiger partial charge >= 0.3 is 7.12 Å². The van der Waals surface area contributed by atoms with E-state index in [1.54, 1.807) is 24.4 Å². The Kier molecular flexibility index (Phi) is 6.99. The minimum Gasteiger partial charge on any atom is -0.505 e. The molecule has 0 saturated carbocycles. The Morgan fingerprint density at radius 3 is 2.88 bits per heavy atom. The number of halogens is 1. The Morgan fingerprint density at radius 1 is 1.36 bits per heavy atom. The number of pyridine rings is 1. The smallest absolute Gasteiger partial charge is 0.456 e. The molecule has 1 saturated heterocycles. The maximum absolute atomic E-state index is 13.9. The molecule has 174 valence electrons. The first-order chi connectivity index (χ1) is 15.8. The number of benzene rings is 1. The largest absolute Gasteiger partial charge is 0.505 e. The van der Waals surface area contributed by atoms with Gasteiger partial charge in [0.15, 0.2) is 21.4 Å². The average Bonchev–Trinajstić information content (AvgIpc) is 3.04. The molecule has 4 rings (SSSR count). The number of phenolic OH excluding ortho intramolecular Hbond substituents is 1. The predicted molar refractivity (Wildman–Crippen MR) is 124 cm³/mol. The number of phenols is 1. The van der Waals surface area contributed by atoms with Crippen molar-refractivity contribution in [3.63, 3.8) is 0 Å². The van der Waals surface area contributed by atoms with Crippen molar-refractivity contribution >= 4 is 28.6 Å². The summed E-state index contributed by atoms with van der Waals surface area (Å²) in [5, 5.41) is 18.9. The molecule has 2 aromatic rings. The lowest BCUT2D eigenvalue weighted by molar-refractivity contribution is 0.167. The van der Waals surface area contributed by atoms with Crippen LogP contribution in [0.3, 0.4) is 0 Å². The van der Waals surface area contributed by atoms with Gasteiger partial charge in [-0.05, 0) is 65.5 Å². The van der Waals surface area contributed by atoms with Gasteiger partial charge in [-0.3, -0.25) is 4.98 Å². The molecule has 0 bridgehead atoms. The molecule has 0 spiro atoms. The highest BCUT2D eigenvalue weighted by Gasteiger charge is 2.48. The molecular weight excluding hydrogens is 448 g/mol. The van der Waals surface area contributed by atoms with Crippen molar-refractivity contribution in [3.8, 4) is 5.75 Å². The Hall–Kier alpha value is -2.53. The third-order valence-electron chi connectivity index (χ3n) is 5.95. The van der Waals surface area contributed by atoms with Crippen LogP contribution in [-0.4, -0.2) is 61.5 Å². The first kappa shape index (κ1) is 23.6. The van der Waals surface area contributed by atoms with E-state index in [0.717, 1.165) is 5.57 Å². The number of aromatic nitrogens is 1. The van der Waals surface area contributed by atoms with E-state index < -0.39 is 39.9 Å². The number of rotatable bonds is 7. The van der Waals surface area contributed by atoms with Crippen molar-refractivity contribution in [1.82, 2.24) is 4.98 Å². The number of methoxy groups -OCH3 is 1. The van der Waals surface area contributed by atoms with Crippen LogP contribution in [0, 0.1) is 5.82 Å². The second kappa shape index (κ2) is 9.76.